The van der Waals surface area contributed by atoms with Gasteiger partial charge in [-0.1, -0.05) is 41.1 Å². The molecule has 1 aromatic carbocycles. The minimum Gasteiger partial charge on any atom is -0.166 e. The van der Waals surface area contributed by atoms with Crippen LogP contribution in [0.4, 0.5) is 13.2 Å². The van der Waals surface area contributed by atoms with Crippen molar-refractivity contribution in [2.24, 2.45) is 0 Å². The molecule has 0 aromatic heterocycles. The topological polar surface area (TPSA) is 0 Å². The summed E-state index contributed by atoms with van der Waals surface area (Å²) in [6.07, 6.45) is -3.63. The van der Waals surface area contributed by atoms with Gasteiger partial charge in [0.05, 0.1) is 5.56 Å². The highest BCUT2D eigenvalue weighted by Crippen LogP contribution is 2.38. The number of hydrogen-bond donors (Lipinski definition) is 0. The molecule has 0 saturated heterocycles. The van der Waals surface area contributed by atoms with Crippen molar-refractivity contribution < 1.29 is 13.2 Å². The third kappa shape index (κ3) is 2.50. The summed E-state index contributed by atoms with van der Waals surface area (Å²) in [5.74, 6) is 0. The first-order chi connectivity index (χ1) is 6.46. The van der Waals surface area contributed by atoms with E-state index in [1.54, 1.807) is 6.07 Å². The zero-order chi connectivity index (χ0) is 10.8. The van der Waals surface area contributed by atoms with Crippen molar-refractivity contribution in [1.82, 2.24) is 0 Å². The molecule has 0 nitrogen and oxygen atoms in total. The number of hydrogen-bond acceptors (Lipinski definition) is 0. The second kappa shape index (κ2) is 4.34. The van der Waals surface area contributed by atoms with Crippen molar-refractivity contribution in [3.8, 4) is 0 Å². The Bertz CT molecular complexity index is 306. The summed E-state index contributed by atoms with van der Waals surface area (Å²) in [5.41, 5.74) is -0.244. The highest BCUT2D eigenvalue weighted by Gasteiger charge is 2.33. The zero-order valence-electron chi connectivity index (χ0n) is 7.61. The second-order valence-electron chi connectivity index (χ2n) is 2.96. The lowest BCUT2D eigenvalue weighted by molar-refractivity contribution is -0.138. The van der Waals surface area contributed by atoms with Crippen molar-refractivity contribution >= 4 is 15.9 Å². The minimum atomic E-state index is -4.27. The molecule has 0 aliphatic rings. The number of halogens is 4. The van der Waals surface area contributed by atoms with Crippen LogP contribution in [0.3, 0.4) is 0 Å². The summed E-state index contributed by atoms with van der Waals surface area (Å²) in [7, 11) is 0. The Labute approximate surface area is 89.3 Å². The largest absolute Gasteiger partial charge is 0.416 e. The fourth-order valence-corrected chi connectivity index (χ4v) is 1.65. The number of benzene rings is 1. The molecular weight excluding hydrogens is 257 g/mol. The normalized spacial score (nSPS) is 14.1. The first kappa shape index (κ1) is 11.6. The molecule has 0 spiro atoms. The molecule has 4 heteroatoms. The van der Waals surface area contributed by atoms with E-state index < -0.39 is 11.7 Å². The lowest BCUT2D eigenvalue weighted by Crippen LogP contribution is -2.09. The minimum absolute atomic E-state index is 0.236. The Kier molecular flexibility index (Phi) is 3.59. The smallest absolute Gasteiger partial charge is 0.166 e. The van der Waals surface area contributed by atoms with E-state index in [0.717, 1.165) is 6.07 Å². The molecule has 1 rings (SSSR count). The molecule has 0 fully saturated rings. The lowest BCUT2D eigenvalue weighted by atomic mass is 10.0. The van der Waals surface area contributed by atoms with E-state index in [1.165, 1.54) is 12.1 Å². The average molecular weight is 267 g/mol. The van der Waals surface area contributed by atoms with Gasteiger partial charge in [0.1, 0.15) is 0 Å². The van der Waals surface area contributed by atoms with Gasteiger partial charge in [0.2, 0.25) is 0 Å². The summed E-state index contributed by atoms with van der Waals surface area (Å²) >= 11 is 3.23. The molecule has 0 amide bonds. The van der Waals surface area contributed by atoms with Gasteiger partial charge >= 0.3 is 6.18 Å². The van der Waals surface area contributed by atoms with Gasteiger partial charge in [-0.2, -0.15) is 13.2 Å². The Morgan fingerprint density at radius 1 is 1.29 bits per heavy atom. The lowest BCUT2D eigenvalue weighted by Gasteiger charge is -2.15. The van der Waals surface area contributed by atoms with Crippen LogP contribution in [0.5, 0.6) is 0 Å². The highest BCUT2D eigenvalue weighted by atomic mass is 79.9. The van der Waals surface area contributed by atoms with Crippen LogP contribution in [0.25, 0.3) is 0 Å². The van der Waals surface area contributed by atoms with Crippen LogP contribution >= 0.6 is 15.9 Å². The van der Waals surface area contributed by atoms with Gasteiger partial charge < -0.3 is 0 Å². The summed E-state index contributed by atoms with van der Waals surface area (Å²) in [6.45, 7) is 1.84. The van der Waals surface area contributed by atoms with Gasteiger partial charge in [-0.15, -0.1) is 0 Å². The Morgan fingerprint density at radius 2 is 1.86 bits per heavy atom. The molecule has 0 aliphatic carbocycles. The van der Waals surface area contributed by atoms with Crippen LogP contribution in [-0.4, -0.2) is 0 Å². The summed E-state index contributed by atoms with van der Waals surface area (Å²) in [5, 5.41) is 0. The first-order valence-corrected chi connectivity index (χ1v) is 5.18. The van der Waals surface area contributed by atoms with E-state index in [0.29, 0.717) is 12.0 Å². The van der Waals surface area contributed by atoms with Crippen LogP contribution in [0.1, 0.15) is 29.3 Å². The van der Waals surface area contributed by atoms with E-state index in [2.05, 4.69) is 15.9 Å². The first-order valence-electron chi connectivity index (χ1n) is 4.27. The molecule has 0 heterocycles. The van der Waals surface area contributed by atoms with Gasteiger partial charge in [0.15, 0.2) is 0 Å². The highest BCUT2D eigenvalue weighted by molar-refractivity contribution is 9.09. The van der Waals surface area contributed by atoms with Crippen LogP contribution in [0.2, 0.25) is 0 Å². The quantitative estimate of drug-likeness (QED) is 0.689. The van der Waals surface area contributed by atoms with Crippen molar-refractivity contribution in [3.63, 3.8) is 0 Å². The van der Waals surface area contributed by atoms with Gasteiger partial charge in [-0.05, 0) is 18.1 Å². The van der Waals surface area contributed by atoms with E-state index >= 15 is 0 Å². The molecule has 0 aliphatic heterocycles. The second-order valence-corrected chi connectivity index (χ2v) is 4.07. The van der Waals surface area contributed by atoms with Gasteiger partial charge in [0, 0.05) is 4.83 Å². The Balaban J connectivity index is 3.16. The van der Waals surface area contributed by atoms with Gasteiger partial charge in [-0.25, -0.2) is 0 Å². The van der Waals surface area contributed by atoms with Crippen LogP contribution in [0.15, 0.2) is 24.3 Å². The van der Waals surface area contributed by atoms with Crippen LogP contribution < -0.4 is 0 Å². The van der Waals surface area contributed by atoms with E-state index in [1.807, 2.05) is 6.92 Å². The van der Waals surface area contributed by atoms with E-state index in [4.69, 9.17) is 0 Å². The molecule has 78 valence electrons. The van der Waals surface area contributed by atoms with Crippen molar-refractivity contribution in [2.45, 2.75) is 24.3 Å². The fraction of sp³-hybridized carbons (Fsp3) is 0.400. The Morgan fingerprint density at radius 3 is 2.36 bits per heavy atom. The molecular formula is C10H10BrF3. The molecule has 0 bridgehead atoms. The third-order valence-corrected chi connectivity index (χ3v) is 3.10. The standard InChI is InChI=1S/C10H10BrF3/c1-2-9(11)7-5-3-4-6-8(7)10(12,13)14/h3-6,9H,2H2,1H3. The van der Waals surface area contributed by atoms with E-state index in [9.17, 15) is 13.2 Å². The molecule has 1 atom stereocenters. The van der Waals surface area contributed by atoms with Crippen LogP contribution in [0, 0.1) is 0 Å². The maximum absolute atomic E-state index is 12.5. The van der Waals surface area contributed by atoms with Gasteiger partial charge in [0.25, 0.3) is 0 Å². The maximum Gasteiger partial charge on any atom is 0.416 e. The molecule has 0 saturated carbocycles. The Hall–Kier alpha value is -0.510. The molecule has 1 aromatic rings. The predicted molar refractivity (Wildman–Crippen MR) is 53.4 cm³/mol. The van der Waals surface area contributed by atoms with Crippen molar-refractivity contribution in [3.05, 3.63) is 35.4 Å². The zero-order valence-corrected chi connectivity index (χ0v) is 9.19. The maximum atomic E-state index is 12.5. The van der Waals surface area contributed by atoms with Crippen molar-refractivity contribution in [1.29, 1.82) is 0 Å². The number of alkyl halides is 4. The van der Waals surface area contributed by atoms with E-state index in [-0.39, 0.29) is 4.83 Å². The summed E-state index contributed by atoms with van der Waals surface area (Å²) in [4.78, 5) is -0.236. The molecule has 1 unspecified atom stereocenters. The van der Waals surface area contributed by atoms with Crippen LogP contribution in [-0.2, 0) is 6.18 Å². The van der Waals surface area contributed by atoms with Gasteiger partial charge in [-0.3, -0.25) is 0 Å². The summed E-state index contributed by atoms with van der Waals surface area (Å²) < 4.78 is 37.6. The fourth-order valence-electron chi connectivity index (χ4n) is 1.25. The average Bonchev–Trinajstić information content (AvgIpc) is 2.15. The monoisotopic (exact) mass is 266 g/mol. The molecule has 0 N–H and O–H groups in total. The number of rotatable bonds is 2. The molecule has 0 radical (unpaired) electrons. The molecule has 14 heavy (non-hydrogen) atoms. The SMILES string of the molecule is CCC(Br)c1ccccc1C(F)(F)F. The third-order valence-electron chi connectivity index (χ3n) is 1.96. The van der Waals surface area contributed by atoms with Crippen molar-refractivity contribution in [2.75, 3.05) is 0 Å². The predicted octanol–water partition coefficient (Wildman–Crippen LogP) is 4.55. The summed E-state index contributed by atoms with van der Waals surface area (Å²) in [6, 6.07) is 5.64.